The number of nitrogens with zero attached hydrogens (tertiary/aromatic N) is 1. The molecule has 0 bridgehead atoms. The molecule has 17 heavy (non-hydrogen) atoms. The second-order valence-corrected chi connectivity index (χ2v) is 5.09. The van der Waals surface area contributed by atoms with E-state index in [-0.39, 0.29) is 11.9 Å². The molecule has 1 aromatic heterocycles. The lowest BCUT2D eigenvalue weighted by Crippen LogP contribution is -2.57. The molecule has 1 saturated heterocycles. The van der Waals surface area contributed by atoms with Crippen molar-refractivity contribution in [2.24, 2.45) is 5.73 Å². The molecule has 3 rings (SSSR count). The van der Waals surface area contributed by atoms with Crippen LogP contribution in [0.4, 0.5) is 0 Å². The van der Waals surface area contributed by atoms with Gasteiger partial charge in [-0.1, -0.05) is 12.1 Å². The Hall–Kier alpha value is -1.33. The SMILES string of the molecule is NC1CN(C(=O)c2cc3cccc(Br)c3o2)C1. The third-order valence-electron chi connectivity index (χ3n) is 2.90. The molecular formula is C12H11BrN2O2. The second kappa shape index (κ2) is 3.85. The van der Waals surface area contributed by atoms with E-state index in [1.54, 1.807) is 11.0 Å². The highest BCUT2D eigenvalue weighted by Crippen LogP contribution is 2.28. The fourth-order valence-corrected chi connectivity index (χ4v) is 2.43. The van der Waals surface area contributed by atoms with Crippen LogP contribution in [0.3, 0.4) is 0 Å². The zero-order valence-electron chi connectivity index (χ0n) is 9.02. The highest BCUT2D eigenvalue weighted by molar-refractivity contribution is 9.10. The van der Waals surface area contributed by atoms with Gasteiger partial charge in [0.15, 0.2) is 5.76 Å². The van der Waals surface area contributed by atoms with Crippen molar-refractivity contribution in [2.75, 3.05) is 13.1 Å². The Balaban J connectivity index is 1.96. The largest absolute Gasteiger partial charge is 0.450 e. The average Bonchev–Trinajstić information content (AvgIpc) is 2.69. The number of rotatable bonds is 1. The molecule has 88 valence electrons. The number of amides is 1. The highest BCUT2D eigenvalue weighted by atomic mass is 79.9. The number of carbonyl (C=O) groups is 1. The van der Waals surface area contributed by atoms with Gasteiger partial charge in [-0.15, -0.1) is 0 Å². The van der Waals surface area contributed by atoms with Gasteiger partial charge in [-0.05, 0) is 28.1 Å². The first-order valence-corrected chi connectivity index (χ1v) is 6.17. The van der Waals surface area contributed by atoms with Crippen LogP contribution in [0, 0.1) is 0 Å². The number of carbonyl (C=O) groups excluding carboxylic acids is 1. The maximum Gasteiger partial charge on any atom is 0.289 e. The van der Waals surface area contributed by atoms with Gasteiger partial charge in [-0.2, -0.15) is 0 Å². The first-order valence-electron chi connectivity index (χ1n) is 5.38. The van der Waals surface area contributed by atoms with Gasteiger partial charge >= 0.3 is 0 Å². The average molecular weight is 295 g/mol. The van der Waals surface area contributed by atoms with E-state index >= 15 is 0 Å². The predicted molar refractivity (Wildman–Crippen MR) is 67.8 cm³/mol. The smallest absolute Gasteiger partial charge is 0.289 e. The van der Waals surface area contributed by atoms with Crippen molar-refractivity contribution in [2.45, 2.75) is 6.04 Å². The number of para-hydroxylation sites is 1. The van der Waals surface area contributed by atoms with Crippen LogP contribution in [0.15, 0.2) is 33.2 Å². The van der Waals surface area contributed by atoms with Gasteiger partial charge in [0.1, 0.15) is 5.58 Å². The highest BCUT2D eigenvalue weighted by Gasteiger charge is 2.30. The fraction of sp³-hybridized carbons (Fsp3) is 0.250. The van der Waals surface area contributed by atoms with E-state index < -0.39 is 0 Å². The van der Waals surface area contributed by atoms with Crippen molar-refractivity contribution >= 4 is 32.8 Å². The Labute approximate surface area is 106 Å². The summed E-state index contributed by atoms with van der Waals surface area (Å²) in [5.41, 5.74) is 6.36. The molecule has 4 nitrogen and oxygen atoms in total. The van der Waals surface area contributed by atoms with Crippen LogP contribution in [0.25, 0.3) is 11.0 Å². The molecule has 0 saturated carbocycles. The number of furan rings is 1. The summed E-state index contributed by atoms with van der Waals surface area (Å²) in [5, 5.41) is 0.924. The van der Waals surface area contributed by atoms with Crippen molar-refractivity contribution < 1.29 is 9.21 Å². The van der Waals surface area contributed by atoms with Gasteiger partial charge in [0, 0.05) is 24.5 Å². The molecule has 0 atom stereocenters. The lowest BCUT2D eigenvalue weighted by atomic mass is 10.1. The minimum Gasteiger partial charge on any atom is -0.450 e. The first kappa shape index (κ1) is 10.8. The number of benzene rings is 1. The number of hydrogen-bond donors (Lipinski definition) is 1. The molecule has 0 spiro atoms. The quantitative estimate of drug-likeness (QED) is 0.875. The molecule has 0 unspecified atom stereocenters. The van der Waals surface area contributed by atoms with Gasteiger partial charge in [0.25, 0.3) is 5.91 Å². The van der Waals surface area contributed by atoms with Crippen LogP contribution >= 0.6 is 15.9 Å². The van der Waals surface area contributed by atoms with Crippen LogP contribution in [0.5, 0.6) is 0 Å². The second-order valence-electron chi connectivity index (χ2n) is 4.24. The number of hydrogen-bond acceptors (Lipinski definition) is 3. The molecule has 0 aliphatic carbocycles. The molecule has 1 aromatic carbocycles. The van der Waals surface area contributed by atoms with E-state index in [1.807, 2.05) is 18.2 Å². The summed E-state index contributed by atoms with van der Waals surface area (Å²) in [4.78, 5) is 13.7. The normalized spacial score (nSPS) is 16.2. The standard InChI is InChI=1S/C12H11BrN2O2/c13-9-3-1-2-7-4-10(17-11(7)9)12(16)15-5-8(14)6-15/h1-4,8H,5-6,14H2. The van der Waals surface area contributed by atoms with Crippen molar-refractivity contribution in [1.29, 1.82) is 0 Å². The van der Waals surface area contributed by atoms with Crippen LogP contribution in [-0.2, 0) is 0 Å². The summed E-state index contributed by atoms with van der Waals surface area (Å²) < 4.78 is 6.43. The van der Waals surface area contributed by atoms with Crippen molar-refractivity contribution in [3.8, 4) is 0 Å². The molecule has 5 heteroatoms. The van der Waals surface area contributed by atoms with Crippen LogP contribution in [0.2, 0.25) is 0 Å². The number of fused-ring (bicyclic) bond motifs is 1. The molecule has 1 fully saturated rings. The zero-order chi connectivity index (χ0) is 12.0. The minimum absolute atomic E-state index is 0.0881. The topological polar surface area (TPSA) is 59.5 Å². The van der Waals surface area contributed by atoms with Crippen LogP contribution in [0.1, 0.15) is 10.6 Å². The number of likely N-dealkylation sites (tertiary alicyclic amines) is 1. The Kier molecular flexibility index (Phi) is 2.45. The van der Waals surface area contributed by atoms with Crippen LogP contribution < -0.4 is 5.73 Å². The Morgan fingerprint density at radius 3 is 2.88 bits per heavy atom. The van der Waals surface area contributed by atoms with Gasteiger partial charge in [-0.25, -0.2) is 0 Å². The lowest BCUT2D eigenvalue weighted by Gasteiger charge is -2.36. The zero-order valence-corrected chi connectivity index (χ0v) is 10.6. The summed E-state index contributed by atoms with van der Waals surface area (Å²) in [7, 11) is 0. The van der Waals surface area contributed by atoms with E-state index in [9.17, 15) is 4.79 Å². The molecule has 1 aliphatic heterocycles. The van der Waals surface area contributed by atoms with E-state index in [2.05, 4.69) is 15.9 Å². The number of nitrogens with two attached hydrogens (primary N) is 1. The predicted octanol–water partition coefficient (Wildman–Crippen LogP) is 1.98. The molecule has 2 N–H and O–H groups in total. The monoisotopic (exact) mass is 294 g/mol. The number of halogens is 1. The van der Waals surface area contributed by atoms with E-state index in [1.165, 1.54) is 0 Å². The molecule has 1 aliphatic rings. The van der Waals surface area contributed by atoms with Gasteiger partial charge in [0.2, 0.25) is 0 Å². The summed E-state index contributed by atoms with van der Waals surface area (Å²) >= 11 is 3.40. The van der Waals surface area contributed by atoms with Gasteiger partial charge in [-0.3, -0.25) is 4.79 Å². The first-order chi connectivity index (χ1) is 8.15. The summed E-state index contributed by atoms with van der Waals surface area (Å²) in [6.07, 6.45) is 0. The van der Waals surface area contributed by atoms with Gasteiger partial charge in [0.05, 0.1) is 4.47 Å². The third-order valence-corrected chi connectivity index (χ3v) is 3.53. The fourth-order valence-electron chi connectivity index (χ4n) is 1.97. The molecule has 0 radical (unpaired) electrons. The Bertz CT molecular complexity index is 587. The van der Waals surface area contributed by atoms with Crippen molar-refractivity contribution in [3.05, 3.63) is 34.5 Å². The Morgan fingerprint density at radius 2 is 2.24 bits per heavy atom. The maximum absolute atomic E-state index is 12.0. The summed E-state index contributed by atoms with van der Waals surface area (Å²) in [6.45, 7) is 1.22. The van der Waals surface area contributed by atoms with Crippen molar-refractivity contribution in [3.63, 3.8) is 0 Å². The van der Waals surface area contributed by atoms with Crippen molar-refractivity contribution in [1.82, 2.24) is 4.90 Å². The van der Waals surface area contributed by atoms with E-state index in [0.717, 1.165) is 9.86 Å². The molecule has 2 aromatic rings. The van der Waals surface area contributed by atoms with Crippen LogP contribution in [-0.4, -0.2) is 29.9 Å². The van der Waals surface area contributed by atoms with E-state index in [0.29, 0.717) is 24.4 Å². The van der Waals surface area contributed by atoms with Gasteiger partial charge < -0.3 is 15.1 Å². The maximum atomic E-state index is 12.0. The minimum atomic E-state index is -0.0881. The van der Waals surface area contributed by atoms with E-state index in [4.69, 9.17) is 10.2 Å². The third kappa shape index (κ3) is 1.75. The molecule has 2 heterocycles. The lowest BCUT2D eigenvalue weighted by molar-refractivity contribution is 0.0577. The molecular weight excluding hydrogens is 284 g/mol. The summed E-state index contributed by atoms with van der Waals surface area (Å²) in [5.74, 6) is 0.286. The Morgan fingerprint density at radius 1 is 1.47 bits per heavy atom. The summed E-state index contributed by atoms with van der Waals surface area (Å²) in [6, 6.07) is 7.60. The molecule has 1 amide bonds.